The zero-order chi connectivity index (χ0) is 34.4. The van der Waals surface area contributed by atoms with Crippen LogP contribution in [0.3, 0.4) is 0 Å². The summed E-state index contributed by atoms with van der Waals surface area (Å²) >= 11 is 0. The third-order valence-electron chi connectivity index (χ3n) is 6.71. The Morgan fingerprint density at radius 1 is 0.178 bits per heavy atom. The predicted molar refractivity (Wildman–Crippen MR) is 110 cm³/mol. The van der Waals surface area contributed by atoms with Crippen molar-refractivity contribution in [1.29, 1.82) is 0 Å². The van der Waals surface area contributed by atoms with Crippen LogP contribution in [0.5, 0.6) is 0 Å². The largest absolute Gasteiger partial charge is 1.00 e. The lowest BCUT2D eigenvalue weighted by molar-refractivity contribution is 0.378. The van der Waals surface area contributed by atoms with Crippen LogP contribution in [0.1, 0.15) is 1.43 Å². The Morgan fingerprint density at radius 3 is 0.378 bits per heavy atom. The summed E-state index contributed by atoms with van der Waals surface area (Å²) in [6, 6.07) is 0. The van der Waals surface area contributed by atoms with E-state index >= 15 is 35.1 Å². The van der Waals surface area contributed by atoms with E-state index in [0.29, 0.717) is 0 Å². The van der Waals surface area contributed by atoms with Gasteiger partial charge in [-0.05, 0) is 0 Å². The van der Waals surface area contributed by atoms with Crippen LogP contribution in [0.15, 0.2) is 0 Å². The van der Waals surface area contributed by atoms with E-state index in [-0.39, 0.29) is 1.43 Å². The van der Waals surface area contributed by atoms with Gasteiger partial charge in [-0.25, -0.2) is 87.8 Å². The number of halogens is 20. The van der Waals surface area contributed by atoms with Crippen molar-refractivity contribution in [3.8, 4) is 0 Å². The van der Waals surface area contributed by atoms with Crippen LogP contribution in [0.2, 0.25) is 0 Å². The Hall–Kier alpha value is -4.46. The number of hydrogen-bond donors (Lipinski definition) is 0. The Balaban J connectivity index is 0.00000576. The second kappa shape index (κ2) is 10.9. The Bertz CT molecular complexity index is 1580. The van der Waals surface area contributed by atoms with Gasteiger partial charge in [0, 0.05) is 0 Å². The standard InChI is InChI=1S/C24BF20/c26-5-1(6(27)14(35)21(42)13(5)34)25(2-7(28)15(36)22(43)16(37)8(2)29,3-9(30)17(38)23(44)18(39)10(3)31)4-11(32)19(40)24(45)20(41)12(4)33/q-1/p+1. The van der Waals surface area contributed by atoms with Crippen LogP contribution in [0, 0.1) is 116 Å². The lowest BCUT2D eigenvalue weighted by Crippen LogP contribution is -2.81. The van der Waals surface area contributed by atoms with Crippen molar-refractivity contribution < 1.29 is 89.2 Å². The summed E-state index contributed by atoms with van der Waals surface area (Å²) in [5.74, 6) is -71.4. The molecular weight excluding hydrogens is 679 g/mol. The minimum atomic E-state index is -7.22. The fourth-order valence-corrected chi connectivity index (χ4v) is 4.87. The second-order valence-corrected chi connectivity index (χ2v) is 8.80. The maximum Gasteiger partial charge on any atom is 1.00 e. The minimum absolute atomic E-state index is 0. The van der Waals surface area contributed by atoms with Crippen molar-refractivity contribution in [1.82, 2.24) is 0 Å². The molecule has 0 heterocycles. The average molecular weight is 680 g/mol. The molecule has 45 heavy (non-hydrogen) atoms. The first-order chi connectivity index (χ1) is 20.7. The summed E-state index contributed by atoms with van der Waals surface area (Å²) in [6.07, 6.45) is -7.22. The lowest BCUT2D eigenvalue weighted by Gasteiger charge is -2.44. The molecule has 0 aliphatic carbocycles. The SMILES string of the molecule is Fc1c(F)c(F)c([B-](c2c(F)c(F)c(F)c(F)c2F)(c2c(F)c(F)c(F)c(F)c2F)c2c(F)c(F)c(F)c(F)c2F)c(F)c1F.[H+]. The minimum Gasteiger partial charge on any atom is -0.207 e. The molecule has 0 aromatic heterocycles. The molecule has 0 radical (unpaired) electrons. The average Bonchev–Trinajstić information content (AvgIpc) is 3.00. The van der Waals surface area contributed by atoms with E-state index in [1.807, 2.05) is 0 Å². The van der Waals surface area contributed by atoms with Gasteiger partial charge in [0.15, 0.2) is 69.8 Å². The van der Waals surface area contributed by atoms with Gasteiger partial charge in [-0.1, -0.05) is 0 Å². The first kappa shape index (κ1) is 33.4. The van der Waals surface area contributed by atoms with Crippen LogP contribution in [-0.2, 0) is 0 Å². The summed E-state index contributed by atoms with van der Waals surface area (Å²) in [5, 5.41) is 0. The molecule has 0 N–H and O–H groups in total. The molecule has 4 aromatic rings. The first-order valence-corrected chi connectivity index (χ1v) is 10.9. The molecule has 0 amide bonds. The molecule has 0 nitrogen and oxygen atoms in total. The summed E-state index contributed by atoms with van der Waals surface area (Å²) in [4.78, 5) is 0. The molecule has 4 rings (SSSR count). The van der Waals surface area contributed by atoms with Crippen molar-refractivity contribution in [3.63, 3.8) is 0 Å². The molecule has 0 aliphatic rings. The van der Waals surface area contributed by atoms with Crippen LogP contribution < -0.4 is 21.9 Å². The molecule has 21 heteroatoms. The third kappa shape index (κ3) is 4.18. The molecule has 0 fully saturated rings. The lowest BCUT2D eigenvalue weighted by atomic mass is 9.12. The number of rotatable bonds is 4. The zero-order valence-corrected chi connectivity index (χ0v) is 20.1. The predicted octanol–water partition coefficient (Wildman–Crippen LogP) is 5.96. The van der Waals surface area contributed by atoms with E-state index in [4.69, 9.17) is 0 Å². The quantitative estimate of drug-likeness (QED) is 0.108. The van der Waals surface area contributed by atoms with Gasteiger partial charge in [0.25, 0.3) is 0 Å². The highest BCUT2D eigenvalue weighted by Gasteiger charge is 2.52. The summed E-state index contributed by atoms with van der Waals surface area (Å²) in [5.41, 5.74) is -14.3. The fourth-order valence-electron chi connectivity index (χ4n) is 4.87. The maximum atomic E-state index is 15.4. The normalized spacial score (nSPS) is 12.0. The van der Waals surface area contributed by atoms with Crippen molar-refractivity contribution >= 4 is 28.0 Å². The molecule has 4 aromatic carbocycles. The van der Waals surface area contributed by atoms with Gasteiger partial charge in [-0.2, -0.15) is 0 Å². The van der Waals surface area contributed by atoms with Crippen LogP contribution in [0.4, 0.5) is 87.8 Å². The van der Waals surface area contributed by atoms with Crippen molar-refractivity contribution in [3.05, 3.63) is 116 Å². The van der Waals surface area contributed by atoms with Crippen molar-refractivity contribution in [2.45, 2.75) is 0 Å². The van der Waals surface area contributed by atoms with Gasteiger partial charge >= 0.3 is 1.43 Å². The topological polar surface area (TPSA) is 0 Å². The highest BCUT2D eigenvalue weighted by atomic mass is 19.2. The zero-order valence-electron chi connectivity index (χ0n) is 21.1. The molecular formula is C24HBF20. The fraction of sp³-hybridized carbons (Fsp3) is 0. The van der Waals surface area contributed by atoms with E-state index < -0.39 is 144 Å². The highest BCUT2D eigenvalue weighted by Crippen LogP contribution is 2.30. The molecule has 0 saturated heterocycles. The van der Waals surface area contributed by atoms with Crippen LogP contribution in [0.25, 0.3) is 0 Å². The van der Waals surface area contributed by atoms with Gasteiger partial charge in [0.05, 0.1) is 0 Å². The molecule has 0 aliphatic heterocycles. The van der Waals surface area contributed by atoms with Gasteiger partial charge in [0.1, 0.15) is 52.7 Å². The Labute approximate surface area is 234 Å². The monoisotopic (exact) mass is 680 g/mol. The summed E-state index contributed by atoms with van der Waals surface area (Å²) in [6.45, 7) is 0. The van der Waals surface area contributed by atoms with Gasteiger partial charge < -0.3 is 0 Å². The Morgan fingerprint density at radius 2 is 0.267 bits per heavy atom. The smallest absolute Gasteiger partial charge is 0.207 e. The van der Waals surface area contributed by atoms with E-state index in [2.05, 4.69) is 0 Å². The molecule has 0 spiro atoms. The maximum absolute atomic E-state index is 15.4. The van der Waals surface area contributed by atoms with Gasteiger partial charge in [-0.3, -0.25) is 0 Å². The summed E-state index contributed by atoms with van der Waals surface area (Å²) in [7, 11) is 0. The van der Waals surface area contributed by atoms with Crippen molar-refractivity contribution in [2.24, 2.45) is 0 Å². The van der Waals surface area contributed by atoms with E-state index in [9.17, 15) is 52.7 Å². The molecule has 240 valence electrons. The second-order valence-electron chi connectivity index (χ2n) is 8.80. The van der Waals surface area contributed by atoms with E-state index in [1.54, 1.807) is 0 Å². The third-order valence-corrected chi connectivity index (χ3v) is 6.71. The highest BCUT2D eigenvalue weighted by molar-refractivity contribution is 7.20. The molecule has 0 bridgehead atoms. The van der Waals surface area contributed by atoms with Crippen molar-refractivity contribution in [2.75, 3.05) is 0 Å². The number of benzene rings is 4. The molecule has 0 saturated carbocycles. The molecule has 0 unspecified atom stereocenters. The first-order valence-electron chi connectivity index (χ1n) is 10.9. The van der Waals surface area contributed by atoms with E-state index in [0.717, 1.165) is 0 Å². The van der Waals surface area contributed by atoms with Crippen LogP contribution >= 0.6 is 0 Å². The van der Waals surface area contributed by atoms with E-state index in [1.165, 1.54) is 0 Å². The Kier molecular flexibility index (Phi) is 8.07. The molecule has 0 atom stereocenters. The van der Waals surface area contributed by atoms with Gasteiger partial charge in [-0.15, -0.1) is 21.9 Å². The number of hydrogen-bond acceptors (Lipinski definition) is 0. The van der Waals surface area contributed by atoms with Crippen LogP contribution in [-0.4, -0.2) is 6.15 Å². The van der Waals surface area contributed by atoms with Gasteiger partial charge in [0.2, 0.25) is 0 Å². The summed E-state index contributed by atoms with van der Waals surface area (Å²) < 4.78 is 294.